The third-order valence-electron chi connectivity index (χ3n) is 7.10. The van der Waals surface area contributed by atoms with E-state index in [1.807, 2.05) is 6.07 Å². The number of aromatic nitrogens is 4. The Bertz CT molecular complexity index is 1100. The Balaban J connectivity index is 1.41. The Hall–Kier alpha value is -3.00. The van der Waals surface area contributed by atoms with Crippen LogP contribution in [0.1, 0.15) is 46.5 Å². The van der Waals surface area contributed by atoms with E-state index < -0.39 is 5.82 Å². The Kier molecular flexibility index (Phi) is 4.93. The maximum Gasteiger partial charge on any atom is 0.151 e. The fourth-order valence-electron chi connectivity index (χ4n) is 5.66. The predicted molar refractivity (Wildman–Crippen MR) is 122 cm³/mol. The molecule has 3 atom stereocenters. The highest BCUT2D eigenvalue weighted by molar-refractivity contribution is 5.74. The molecular formula is C24H29FN6O. The molecule has 2 aliphatic heterocycles. The number of piperidine rings is 1. The van der Waals surface area contributed by atoms with E-state index in [1.165, 1.54) is 31.2 Å². The molecule has 1 aromatic carbocycles. The maximum absolute atomic E-state index is 14.7. The molecule has 4 heterocycles. The standard InChI is InChI=1S/C24H29FN6O/c1-4-31(16-11-23(2)7-8-24(3,12-16)30-23)22-6-5-20(28-29-22)18-9-19(25)17(10-21(18)32)15-13-26-27-14-15/h5-6,9-10,13-14,16,30,32H,4,7-8,11-12H2,1-3H3,(H,26,27)/t16-,23-,24+. The Morgan fingerprint density at radius 2 is 1.88 bits per heavy atom. The third kappa shape index (κ3) is 3.62. The molecule has 3 aromatic rings. The highest BCUT2D eigenvalue weighted by Crippen LogP contribution is 2.44. The molecule has 2 aromatic heterocycles. The molecule has 3 N–H and O–H groups in total. The molecule has 0 saturated carbocycles. The molecule has 7 nitrogen and oxygen atoms in total. The summed E-state index contributed by atoms with van der Waals surface area (Å²) >= 11 is 0. The van der Waals surface area contributed by atoms with Crippen LogP contribution in [0, 0.1) is 5.82 Å². The van der Waals surface area contributed by atoms with Crippen molar-refractivity contribution in [2.75, 3.05) is 11.4 Å². The van der Waals surface area contributed by atoms with E-state index in [1.54, 1.807) is 12.3 Å². The summed E-state index contributed by atoms with van der Waals surface area (Å²) in [6.07, 6.45) is 7.63. The molecule has 2 aliphatic rings. The summed E-state index contributed by atoms with van der Waals surface area (Å²) in [5.41, 5.74) is 1.93. The number of phenols is 1. The number of fused-ring (bicyclic) bond motifs is 2. The average molecular weight is 437 g/mol. The van der Waals surface area contributed by atoms with Crippen LogP contribution < -0.4 is 10.2 Å². The topological polar surface area (TPSA) is 90.0 Å². The van der Waals surface area contributed by atoms with Crippen LogP contribution in [-0.4, -0.2) is 49.2 Å². The lowest BCUT2D eigenvalue weighted by Crippen LogP contribution is -2.59. The van der Waals surface area contributed by atoms with E-state index >= 15 is 0 Å². The number of rotatable bonds is 5. The first-order valence-corrected chi connectivity index (χ1v) is 11.2. The lowest BCUT2D eigenvalue weighted by atomic mass is 9.84. The van der Waals surface area contributed by atoms with Crippen LogP contribution in [-0.2, 0) is 0 Å². The van der Waals surface area contributed by atoms with Gasteiger partial charge in [0.25, 0.3) is 0 Å². The Morgan fingerprint density at radius 1 is 1.12 bits per heavy atom. The fourth-order valence-corrected chi connectivity index (χ4v) is 5.66. The highest BCUT2D eigenvalue weighted by Gasteiger charge is 2.49. The number of aromatic amines is 1. The Morgan fingerprint density at radius 3 is 2.47 bits per heavy atom. The number of halogens is 1. The van der Waals surface area contributed by atoms with Crippen molar-refractivity contribution in [2.24, 2.45) is 0 Å². The molecule has 0 radical (unpaired) electrons. The minimum atomic E-state index is -0.452. The first-order valence-electron chi connectivity index (χ1n) is 11.2. The van der Waals surface area contributed by atoms with Crippen molar-refractivity contribution in [3.05, 3.63) is 42.5 Å². The molecule has 2 bridgehead atoms. The van der Waals surface area contributed by atoms with E-state index in [4.69, 9.17) is 0 Å². The molecule has 5 rings (SSSR count). The normalized spacial score (nSPS) is 26.9. The van der Waals surface area contributed by atoms with Crippen molar-refractivity contribution < 1.29 is 9.50 Å². The summed E-state index contributed by atoms with van der Waals surface area (Å²) in [4.78, 5) is 2.32. The molecule has 0 amide bonds. The van der Waals surface area contributed by atoms with Gasteiger partial charge in [0, 0.05) is 46.6 Å². The molecule has 2 saturated heterocycles. The van der Waals surface area contributed by atoms with Gasteiger partial charge in [-0.15, -0.1) is 10.2 Å². The summed E-state index contributed by atoms with van der Waals surface area (Å²) in [5, 5.41) is 29.7. The lowest BCUT2D eigenvalue weighted by molar-refractivity contribution is 0.205. The molecule has 0 aliphatic carbocycles. The van der Waals surface area contributed by atoms with Crippen LogP contribution in [0.5, 0.6) is 5.75 Å². The van der Waals surface area contributed by atoms with E-state index in [-0.39, 0.29) is 22.4 Å². The van der Waals surface area contributed by atoms with Gasteiger partial charge in [-0.2, -0.15) is 5.10 Å². The van der Waals surface area contributed by atoms with Crippen LogP contribution >= 0.6 is 0 Å². The van der Waals surface area contributed by atoms with Gasteiger partial charge < -0.3 is 15.3 Å². The van der Waals surface area contributed by atoms with Crippen LogP contribution in [0.15, 0.2) is 36.7 Å². The summed E-state index contributed by atoms with van der Waals surface area (Å²) in [6.45, 7) is 7.61. The number of hydrogen-bond acceptors (Lipinski definition) is 6. The van der Waals surface area contributed by atoms with E-state index in [9.17, 15) is 9.50 Å². The molecule has 0 unspecified atom stereocenters. The minimum absolute atomic E-state index is 0.0484. The second kappa shape index (κ2) is 7.55. The highest BCUT2D eigenvalue weighted by atomic mass is 19.1. The van der Waals surface area contributed by atoms with Crippen molar-refractivity contribution in [1.29, 1.82) is 0 Å². The quantitative estimate of drug-likeness (QED) is 0.554. The average Bonchev–Trinajstić information content (AvgIpc) is 3.36. The van der Waals surface area contributed by atoms with Crippen LogP contribution in [0.3, 0.4) is 0 Å². The smallest absolute Gasteiger partial charge is 0.151 e. The summed E-state index contributed by atoms with van der Waals surface area (Å²) in [6, 6.07) is 6.80. The van der Waals surface area contributed by atoms with Gasteiger partial charge in [-0.1, -0.05) is 0 Å². The minimum Gasteiger partial charge on any atom is -0.507 e. The van der Waals surface area contributed by atoms with Gasteiger partial charge in [-0.05, 0) is 70.7 Å². The number of nitrogens with zero attached hydrogens (tertiary/aromatic N) is 4. The number of hydrogen-bond donors (Lipinski definition) is 3. The number of aromatic hydroxyl groups is 1. The van der Waals surface area contributed by atoms with Gasteiger partial charge in [0.2, 0.25) is 0 Å². The summed E-state index contributed by atoms with van der Waals surface area (Å²) < 4.78 is 14.7. The lowest BCUT2D eigenvalue weighted by Gasteiger charge is -2.46. The maximum atomic E-state index is 14.7. The van der Waals surface area contributed by atoms with Gasteiger partial charge in [-0.3, -0.25) is 5.10 Å². The van der Waals surface area contributed by atoms with Crippen molar-refractivity contribution in [3.63, 3.8) is 0 Å². The SMILES string of the molecule is CCN(c1ccc(-c2cc(F)c(-c3cn[nH]c3)cc2O)nn1)[C@H]1C[C@]2(C)CC[C@](C)(C1)N2. The first kappa shape index (κ1) is 20.9. The van der Waals surface area contributed by atoms with Gasteiger partial charge in [-0.25, -0.2) is 4.39 Å². The first-order chi connectivity index (χ1) is 15.3. The zero-order valence-electron chi connectivity index (χ0n) is 18.7. The number of anilines is 1. The number of H-pyrrole nitrogens is 1. The van der Waals surface area contributed by atoms with Gasteiger partial charge in [0.15, 0.2) is 5.82 Å². The predicted octanol–water partition coefficient (Wildman–Crippen LogP) is 4.27. The van der Waals surface area contributed by atoms with Crippen LogP contribution in [0.25, 0.3) is 22.4 Å². The van der Waals surface area contributed by atoms with Crippen molar-refractivity contribution in [2.45, 2.75) is 63.6 Å². The van der Waals surface area contributed by atoms with E-state index in [2.05, 4.69) is 51.4 Å². The van der Waals surface area contributed by atoms with Crippen LogP contribution in [0.2, 0.25) is 0 Å². The fraction of sp³-hybridized carbons (Fsp3) is 0.458. The molecule has 168 valence electrons. The molecule has 0 spiro atoms. The van der Waals surface area contributed by atoms with Gasteiger partial charge >= 0.3 is 0 Å². The monoisotopic (exact) mass is 436 g/mol. The zero-order chi connectivity index (χ0) is 22.5. The van der Waals surface area contributed by atoms with E-state index in [0.717, 1.165) is 25.2 Å². The number of benzene rings is 1. The van der Waals surface area contributed by atoms with Gasteiger partial charge in [0.05, 0.1) is 11.9 Å². The largest absolute Gasteiger partial charge is 0.507 e. The van der Waals surface area contributed by atoms with Crippen LogP contribution in [0.4, 0.5) is 10.2 Å². The Labute approximate surface area is 187 Å². The summed E-state index contributed by atoms with van der Waals surface area (Å²) in [7, 11) is 0. The van der Waals surface area contributed by atoms with Crippen molar-refractivity contribution in [3.8, 4) is 28.1 Å². The van der Waals surface area contributed by atoms with E-state index in [0.29, 0.717) is 22.9 Å². The number of phenolic OH excluding ortho intramolecular Hbond substituents is 1. The van der Waals surface area contributed by atoms with Crippen molar-refractivity contribution >= 4 is 5.82 Å². The second-order valence-electron chi connectivity index (χ2n) is 9.71. The second-order valence-corrected chi connectivity index (χ2v) is 9.71. The number of nitrogens with one attached hydrogen (secondary N) is 2. The van der Waals surface area contributed by atoms with Gasteiger partial charge in [0.1, 0.15) is 11.6 Å². The molecule has 8 heteroatoms. The molecule has 2 fully saturated rings. The van der Waals surface area contributed by atoms with Crippen molar-refractivity contribution in [1.82, 2.24) is 25.7 Å². The molecular weight excluding hydrogens is 407 g/mol. The zero-order valence-corrected chi connectivity index (χ0v) is 18.7. The molecule has 32 heavy (non-hydrogen) atoms. The third-order valence-corrected chi connectivity index (χ3v) is 7.10. The summed E-state index contributed by atoms with van der Waals surface area (Å²) in [5.74, 6) is 0.310.